The number of carbonyl (C=O) groups is 4. The van der Waals surface area contributed by atoms with Gasteiger partial charge in [0, 0.05) is 96.3 Å². The third-order valence-corrected chi connectivity index (χ3v) is 23.3. The summed E-state index contributed by atoms with van der Waals surface area (Å²) in [5, 5.41) is 72.3. The Morgan fingerprint density at radius 2 is 1.00 bits per heavy atom. The van der Waals surface area contributed by atoms with Gasteiger partial charge in [0.2, 0.25) is 24.5 Å². The second-order valence-corrected chi connectivity index (χ2v) is 33.6. The van der Waals surface area contributed by atoms with Gasteiger partial charge in [-0.05, 0) is 158 Å². The number of pyridine rings is 1. The Balaban J connectivity index is 0.000000123. The highest BCUT2D eigenvalue weighted by molar-refractivity contribution is 9.10. The summed E-state index contributed by atoms with van der Waals surface area (Å²) in [4.78, 5) is 74.3. The van der Waals surface area contributed by atoms with E-state index in [4.69, 9.17) is 82.8 Å². The minimum atomic E-state index is -4.49. The van der Waals surface area contributed by atoms with Gasteiger partial charge < -0.3 is 69.5 Å². The number of benzene rings is 7. The number of anilines is 10. The Labute approximate surface area is 831 Å². The van der Waals surface area contributed by atoms with E-state index in [1.807, 2.05) is 156 Å². The van der Waals surface area contributed by atoms with Gasteiger partial charge >= 0.3 is 6.18 Å². The number of nitrogens with two attached hydrogens (primary N) is 6. The van der Waals surface area contributed by atoms with E-state index in [1.54, 1.807) is 58.1 Å². The summed E-state index contributed by atoms with van der Waals surface area (Å²) < 4.78 is 81.7. The number of aromatic nitrogens is 21. The summed E-state index contributed by atoms with van der Waals surface area (Å²) in [6.45, 7) is -0.118. The number of nitrogens with zero attached hydrogens (tertiary/aromatic N) is 21. The minimum Gasteiger partial charge on any atom is -0.454 e. The van der Waals surface area contributed by atoms with Gasteiger partial charge in [-0.25, -0.2) is 52.7 Å². The molecule has 0 fully saturated rings. The molecule has 0 saturated carbocycles. The van der Waals surface area contributed by atoms with Crippen molar-refractivity contribution >= 4 is 153 Å². The lowest BCUT2D eigenvalue weighted by Crippen LogP contribution is -2.21. The molecule has 7 aromatic carbocycles. The highest BCUT2D eigenvalue weighted by Gasteiger charge is 2.32. The van der Waals surface area contributed by atoms with Crippen molar-refractivity contribution in [2.75, 3.05) is 62.5 Å². The number of terminal acetylenes is 1. The number of thiophene rings is 1. The standard InChI is InChI=1S/C18H12N6O.C17H11Cl2N5O.C14H10BrN5O5S.C14H11F3N6O2.C14H12N4O2S.C13H11N5O2S/c1-2-12-6-3-4-8-15(12)24-11-14(13-7-5-9-20-10-13)21-18(24)16-17(19)23-25-22-16;18-11-5-3-4-10(8-11)13-9-24(14-7-2-1-6-12(14)19)17(21-13)15-16(20)23-25-22-15;15-6-2-9-8(23-4-24-9)1-5(6)11(21)13(22)18-14-17-7(3-26-14)10-12(16)20-25-19-10;15-14(16,17)8-2-1-3-9(6-8)20-10(24)7-23-5-4-19-13(23)11-12(18)22-25-21-11;15-14-13(17-20-18-14)10-7-12(21-8-10)16-11(19)6-9-4-2-1-3-5-9;14-12-11(17-20-18-12)9-7-21-13(15-9)16-10(19)6-8-4-2-1-3-5-8/h1,3-11H,(H2,19,23);1-9H,(H2,20,23);1-3,11,21H,4H2,(H2,16,20)(H,17,18,22);1-6H,7H2,(H2,18,22)(H,20,24);1-5,7-8H,6H2,(H2,15,18)(H,16,19);1-5,7H,6H2,(H2,14,18)(H,15,16,19). The van der Waals surface area contributed by atoms with Crippen LogP contribution < -0.4 is 65.1 Å². The number of nitrogens with one attached hydrogen (secondary N) is 4. The number of aliphatic hydroxyl groups excluding tert-OH is 1. The number of para-hydroxylation sites is 2. The molecule has 720 valence electrons. The fourth-order valence-corrected chi connectivity index (χ4v) is 16.3. The van der Waals surface area contributed by atoms with E-state index in [1.165, 1.54) is 51.8 Å². The number of halogens is 6. The summed E-state index contributed by atoms with van der Waals surface area (Å²) in [7, 11) is 0. The topological polar surface area (TPSA) is 637 Å². The van der Waals surface area contributed by atoms with Crippen molar-refractivity contribution < 1.29 is 74.7 Å². The quantitative estimate of drug-likeness (QED) is 0.0281. The Kier molecular flexibility index (Phi) is 30.7. The second kappa shape index (κ2) is 44.9. The van der Waals surface area contributed by atoms with Crippen molar-refractivity contribution in [3.8, 4) is 126 Å². The first-order valence-electron chi connectivity index (χ1n) is 41.1. The largest absolute Gasteiger partial charge is 0.454 e. The number of carbonyl (C=O) groups excluding carboxylic acids is 4. The fourth-order valence-electron chi connectivity index (χ4n) is 13.1. The number of ether oxygens (including phenoxy) is 2. The summed E-state index contributed by atoms with van der Waals surface area (Å²) in [5.74, 6) is 4.29. The zero-order valence-electron chi connectivity index (χ0n) is 72.8. The third kappa shape index (κ3) is 24.3. The molecule has 4 amide bonds. The maximum absolute atomic E-state index is 12.7. The highest BCUT2D eigenvalue weighted by Crippen LogP contribution is 2.42. The van der Waals surface area contributed by atoms with Gasteiger partial charge in [0.05, 0.1) is 51.2 Å². The molecule has 20 aromatic rings. The van der Waals surface area contributed by atoms with Gasteiger partial charge in [-0.1, -0.05) is 148 Å². The minimum absolute atomic E-state index is 0.00531. The average molecular weight is 2090 g/mol. The Morgan fingerprint density at radius 1 is 0.490 bits per heavy atom. The summed E-state index contributed by atoms with van der Waals surface area (Å²) >= 11 is 19.6. The van der Waals surface area contributed by atoms with Gasteiger partial charge in [-0.15, -0.1) is 40.4 Å². The van der Waals surface area contributed by atoms with E-state index in [0.717, 1.165) is 67.7 Å². The normalized spacial score (nSPS) is 11.3. The predicted octanol–water partition coefficient (Wildman–Crippen LogP) is 15.7. The maximum atomic E-state index is 12.7. The van der Waals surface area contributed by atoms with Crippen LogP contribution in [-0.2, 0) is 44.7 Å². The molecular formula is C90H67BrCl2F3N31O13S3. The Bertz CT molecular complexity index is 7770. The van der Waals surface area contributed by atoms with Crippen LogP contribution in [0.1, 0.15) is 33.9 Å². The van der Waals surface area contributed by atoms with Crippen LogP contribution >= 0.6 is 73.1 Å². The van der Waals surface area contributed by atoms with Crippen molar-refractivity contribution in [1.82, 2.24) is 105 Å². The molecule has 0 aliphatic carbocycles. The van der Waals surface area contributed by atoms with Gasteiger partial charge in [0.1, 0.15) is 17.9 Å². The van der Waals surface area contributed by atoms with Crippen molar-refractivity contribution in [2.24, 2.45) is 0 Å². The van der Waals surface area contributed by atoms with Crippen LogP contribution in [0, 0.1) is 12.3 Å². The molecule has 17 N–H and O–H groups in total. The van der Waals surface area contributed by atoms with Crippen LogP contribution in [0.4, 0.5) is 69.0 Å². The van der Waals surface area contributed by atoms with E-state index < -0.39 is 29.7 Å². The zero-order valence-corrected chi connectivity index (χ0v) is 78.3. The SMILES string of the molecule is C#Cc1ccccc1-n1cc(-c2cccnc2)nc1-c1nonc1N.Nc1nonc1-c1csc(NC(=O)C(O)c2cc3c(cc2Br)OCO3)n1.Nc1nonc1-c1csc(NC(=O)Cc2ccccc2)c1.Nc1nonc1-c1csc(NC(=O)Cc2ccccc2)n1.Nc1nonc1-c1nc(-c2cccc(Cl)c2)cn1-c1ccccc1Cl.Nc1nonc1-c1nccn1CC(=O)Nc1cccc(C(F)(F)F)c1. The van der Waals surface area contributed by atoms with E-state index >= 15 is 0 Å². The van der Waals surface area contributed by atoms with Crippen LogP contribution in [-0.4, -0.2) is 141 Å². The second-order valence-electron chi connectivity index (χ2n) is 29.3. The smallest absolute Gasteiger partial charge is 0.416 e. The number of thiazole rings is 2. The molecule has 0 bridgehead atoms. The van der Waals surface area contributed by atoms with Crippen LogP contribution in [0.25, 0.3) is 102 Å². The molecule has 53 heteroatoms. The monoisotopic (exact) mass is 2090 g/mol. The molecule has 143 heavy (non-hydrogen) atoms. The van der Waals surface area contributed by atoms with Crippen LogP contribution in [0.15, 0.2) is 274 Å². The molecular weight excluding hydrogens is 2030 g/mol. The predicted molar refractivity (Wildman–Crippen MR) is 522 cm³/mol. The Morgan fingerprint density at radius 3 is 1.55 bits per heavy atom. The summed E-state index contributed by atoms with van der Waals surface area (Å²) in [6.07, 6.45) is 10.4. The molecule has 44 nitrogen and oxygen atoms in total. The van der Waals surface area contributed by atoms with Gasteiger partial charge in [-0.2, -0.15) is 13.2 Å². The first-order valence-corrected chi connectivity index (χ1v) is 45.3. The third-order valence-electron chi connectivity index (χ3n) is 19.7. The maximum Gasteiger partial charge on any atom is 0.416 e. The number of fused-ring (bicyclic) bond motifs is 1. The Hall–Kier alpha value is -18.2. The van der Waals surface area contributed by atoms with E-state index in [0.29, 0.717) is 112 Å². The fraction of sp³-hybridized carbons (Fsp3) is 0.0667. The van der Waals surface area contributed by atoms with E-state index in [-0.39, 0.29) is 88.1 Å². The zero-order chi connectivity index (χ0) is 100. The van der Waals surface area contributed by atoms with Crippen LogP contribution in [0.3, 0.4) is 0 Å². The van der Waals surface area contributed by atoms with Crippen LogP contribution in [0.2, 0.25) is 10.0 Å². The van der Waals surface area contributed by atoms with Gasteiger partial charge in [0.25, 0.3) is 5.91 Å². The van der Waals surface area contributed by atoms with E-state index in [9.17, 15) is 37.5 Å². The van der Waals surface area contributed by atoms with Gasteiger partial charge in [0.15, 0.2) is 114 Å². The molecule has 1 atom stereocenters. The number of nitrogen functional groups attached to an aromatic ring is 6. The summed E-state index contributed by atoms with van der Waals surface area (Å²) in [6, 6.07) is 54.5. The van der Waals surface area contributed by atoms with Crippen molar-refractivity contribution in [1.29, 1.82) is 0 Å². The van der Waals surface area contributed by atoms with Crippen molar-refractivity contribution in [3.05, 3.63) is 284 Å². The molecule has 0 saturated heterocycles. The number of amides is 4. The molecule has 1 unspecified atom stereocenters. The molecule has 0 spiro atoms. The highest BCUT2D eigenvalue weighted by atomic mass is 79.9. The molecule has 14 heterocycles. The number of rotatable bonds is 22. The number of hydrogen-bond acceptors (Lipinski definition) is 40. The molecule has 1 aliphatic rings. The first kappa shape index (κ1) is 97.8. The van der Waals surface area contributed by atoms with Crippen LogP contribution in [0.5, 0.6) is 11.5 Å². The molecule has 1 aliphatic heterocycles. The lowest BCUT2D eigenvalue weighted by atomic mass is 10.1. The summed E-state index contributed by atoms with van der Waals surface area (Å²) in [5.41, 5.74) is 44.6. The number of aliphatic hydroxyl groups is 1. The van der Waals surface area contributed by atoms with Gasteiger partial charge in [-0.3, -0.25) is 38.6 Å². The van der Waals surface area contributed by atoms with E-state index in [2.05, 4.69) is 153 Å². The number of alkyl halides is 3. The van der Waals surface area contributed by atoms with Crippen molar-refractivity contribution in [2.45, 2.75) is 31.7 Å². The lowest BCUT2D eigenvalue weighted by Gasteiger charge is -2.12. The molecule has 0 radical (unpaired) electrons. The lowest BCUT2D eigenvalue weighted by molar-refractivity contribution is -0.137. The molecule has 13 aromatic heterocycles. The number of imidazole rings is 3. The number of hydrogen-bond donors (Lipinski definition) is 11. The average Bonchev–Trinajstić information content (AvgIpc) is 1.63. The molecule has 21 rings (SSSR count). The first-order chi connectivity index (χ1) is 69.2. The van der Waals surface area contributed by atoms with Crippen molar-refractivity contribution in [3.63, 3.8) is 0 Å².